The molecule has 18 heavy (non-hydrogen) atoms. The van der Waals surface area contributed by atoms with Crippen LogP contribution in [-0.2, 0) is 0 Å². The molecule has 0 aliphatic carbocycles. The van der Waals surface area contributed by atoms with E-state index in [0.29, 0.717) is 5.56 Å². The van der Waals surface area contributed by atoms with Gasteiger partial charge in [0, 0.05) is 18.9 Å². The fourth-order valence-electron chi connectivity index (χ4n) is 2.03. The summed E-state index contributed by atoms with van der Waals surface area (Å²) in [7, 11) is 1.95. The molecule has 0 aliphatic heterocycles. The molecule has 0 saturated carbocycles. The Morgan fingerprint density at radius 3 is 2.44 bits per heavy atom. The van der Waals surface area contributed by atoms with Crippen molar-refractivity contribution in [1.29, 1.82) is 5.26 Å². The standard InChI is InChI=1S/C15H15N3/c1-11-6-12(2)8-14(7-11)18(3)15-10-17-5-4-13(15)9-16/h4-8,10H,1-3H3. The molecule has 0 aliphatic rings. The van der Waals surface area contributed by atoms with Gasteiger partial charge in [-0.25, -0.2) is 0 Å². The van der Waals surface area contributed by atoms with Crippen molar-refractivity contribution in [3.8, 4) is 6.07 Å². The highest BCUT2D eigenvalue weighted by Crippen LogP contribution is 2.27. The maximum Gasteiger partial charge on any atom is 0.101 e. The lowest BCUT2D eigenvalue weighted by molar-refractivity contribution is 1.15. The van der Waals surface area contributed by atoms with Gasteiger partial charge in [0.1, 0.15) is 6.07 Å². The second-order valence-electron chi connectivity index (χ2n) is 4.41. The highest BCUT2D eigenvalue weighted by atomic mass is 15.1. The third-order valence-corrected chi connectivity index (χ3v) is 2.88. The van der Waals surface area contributed by atoms with Crippen molar-refractivity contribution in [2.45, 2.75) is 13.8 Å². The Balaban J connectivity index is 2.48. The minimum Gasteiger partial charge on any atom is -0.342 e. The summed E-state index contributed by atoms with van der Waals surface area (Å²) in [6.07, 6.45) is 3.35. The molecule has 0 atom stereocenters. The molecule has 3 nitrogen and oxygen atoms in total. The molecule has 2 rings (SSSR count). The molecule has 1 aromatic heterocycles. The maximum atomic E-state index is 9.12. The zero-order valence-corrected chi connectivity index (χ0v) is 10.8. The van der Waals surface area contributed by atoms with E-state index in [4.69, 9.17) is 5.26 Å². The van der Waals surface area contributed by atoms with Gasteiger partial charge in [-0.3, -0.25) is 4.98 Å². The van der Waals surface area contributed by atoms with Crippen LogP contribution in [0.3, 0.4) is 0 Å². The summed E-state index contributed by atoms with van der Waals surface area (Å²) in [5.74, 6) is 0. The fourth-order valence-corrected chi connectivity index (χ4v) is 2.03. The second-order valence-corrected chi connectivity index (χ2v) is 4.41. The first-order valence-electron chi connectivity index (χ1n) is 5.78. The number of hydrogen-bond acceptors (Lipinski definition) is 3. The number of anilines is 2. The smallest absolute Gasteiger partial charge is 0.101 e. The molecule has 0 N–H and O–H groups in total. The Bertz CT molecular complexity index is 591. The topological polar surface area (TPSA) is 39.9 Å². The molecule has 0 saturated heterocycles. The summed E-state index contributed by atoms with van der Waals surface area (Å²) in [6, 6.07) is 10.3. The SMILES string of the molecule is Cc1cc(C)cc(N(C)c2cnccc2C#N)c1. The van der Waals surface area contributed by atoms with Crippen LogP contribution in [-0.4, -0.2) is 12.0 Å². The Labute approximate surface area is 107 Å². The zero-order valence-electron chi connectivity index (χ0n) is 10.8. The Kier molecular flexibility index (Phi) is 3.29. The number of aryl methyl sites for hydroxylation is 2. The largest absolute Gasteiger partial charge is 0.342 e. The summed E-state index contributed by atoms with van der Waals surface area (Å²) in [4.78, 5) is 6.08. The number of aromatic nitrogens is 1. The van der Waals surface area contributed by atoms with E-state index >= 15 is 0 Å². The molecule has 2 aromatic rings. The number of pyridine rings is 1. The van der Waals surface area contributed by atoms with Gasteiger partial charge >= 0.3 is 0 Å². The van der Waals surface area contributed by atoms with Crippen molar-refractivity contribution in [2.75, 3.05) is 11.9 Å². The van der Waals surface area contributed by atoms with Crippen molar-refractivity contribution in [2.24, 2.45) is 0 Å². The van der Waals surface area contributed by atoms with Gasteiger partial charge in [0.25, 0.3) is 0 Å². The lowest BCUT2D eigenvalue weighted by Gasteiger charge is -2.21. The van der Waals surface area contributed by atoms with E-state index in [1.807, 2.05) is 11.9 Å². The first-order chi connectivity index (χ1) is 8.61. The van der Waals surface area contributed by atoms with E-state index in [9.17, 15) is 0 Å². The molecular formula is C15H15N3. The van der Waals surface area contributed by atoms with Crippen molar-refractivity contribution >= 4 is 11.4 Å². The van der Waals surface area contributed by atoms with E-state index in [1.54, 1.807) is 18.5 Å². The number of benzene rings is 1. The minimum atomic E-state index is 0.631. The highest BCUT2D eigenvalue weighted by molar-refractivity contribution is 5.68. The molecular weight excluding hydrogens is 222 g/mol. The zero-order chi connectivity index (χ0) is 13.1. The quantitative estimate of drug-likeness (QED) is 0.804. The first-order valence-corrected chi connectivity index (χ1v) is 5.78. The second kappa shape index (κ2) is 4.89. The van der Waals surface area contributed by atoms with Gasteiger partial charge in [0.15, 0.2) is 0 Å². The normalized spacial score (nSPS) is 9.89. The van der Waals surface area contributed by atoms with Gasteiger partial charge in [-0.1, -0.05) is 6.07 Å². The van der Waals surface area contributed by atoms with Crippen molar-refractivity contribution in [3.05, 3.63) is 53.3 Å². The average molecular weight is 237 g/mol. The summed E-state index contributed by atoms with van der Waals surface area (Å²) in [6.45, 7) is 4.14. The molecule has 0 fully saturated rings. The van der Waals surface area contributed by atoms with Crippen LogP contribution in [0, 0.1) is 25.2 Å². The Morgan fingerprint density at radius 2 is 1.83 bits per heavy atom. The van der Waals surface area contributed by atoms with Crippen molar-refractivity contribution in [1.82, 2.24) is 4.98 Å². The van der Waals surface area contributed by atoms with Gasteiger partial charge in [0.05, 0.1) is 17.4 Å². The predicted octanol–water partition coefficient (Wildman–Crippen LogP) is 3.34. The van der Waals surface area contributed by atoms with Crippen LogP contribution >= 0.6 is 0 Å². The average Bonchev–Trinajstić information content (AvgIpc) is 2.36. The molecule has 0 unspecified atom stereocenters. The number of nitriles is 1. The van der Waals surface area contributed by atoms with Gasteiger partial charge in [-0.2, -0.15) is 5.26 Å². The molecule has 0 radical (unpaired) electrons. The van der Waals surface area contributed by atoms with E-state index in [-0.39, 0.29) is 0 Å². The summed E-state index contributed by atoms with van der Waals surface area (Å²) >= 11 is 0. The third kappa shape index (κ3) is 2.33. The molecule has 1 aromatic carbocycles. The van der Waals surface area contributed by atoms with Crippen molar-refractivity contribution < 1.29 is 0 Å². The monoisotopic (exact) mass is 237 g/mol. The maximum absolute atomic E-state index is 9.12. The van der Waals surface area contributed by atoms with Gasteiger partial charge < -0.3 is 4.90 Å². The molecule has 1 heterocycles. The predicted molar refractivity (Wildman–Crippen MR) is 72.9 cm³/mol. The van der Waals surface area contributed by atoms with Crippen LogP contribution in [0.15, 0.2) is 36.7 Å². The number of hydrogen-bond donors (Lipinski definition) is 0. The highest BCUT2D eigenvalue weighted by Gasteiger charge is 2.09. The Morgan fingerprint density at radius 1 is 1.17 bits per heavy atom. The van der Waals surface area contributed by atoms with Crippen LogP contribution in [0.25, 0.3) is 0 Å². The van der Waals surface area contributed by atoms with Crippen LogP contribution in [0.4, 0.5) is 11.4 Å². The minimum absolute atomic E-state index is 0.631. The van der Waals surface area contributed by atoms with E-state index in [0.717, 1.165) is 11.4 Å². The first kappa shape index (κ1) is 12.1. The molecule has 90 valence electrons. The summed E-state index contributed by atoms with van der Waals surface area (Å²) in [5.41, 5.74) is 4.94. The molecule has 0 bridgehead atoms. The van der Waals surface area contributed by atoms with Gasteiger partial charge in [-0.05, 0) is 43.2 Å². The van der Waals surface area contributed by atoms with E-state index < -0.39 is 0 Å². The summed E-state index contributed by atoms with van der Waals surface area (Å²) < 4.78 is 0. The third-order valence-electron chi connectivity index (χ3n) is 2.88. The number of nitrogens with zero attached hydrogens (tertiary/aromatic N) is 3. The van der Waals surface area contributed by atoms with Crippen LogP contribution in [0.5, 0.6) is 0 Å². The molecule has 0 amide bonds. The van der Waals surface area contributed by atoms with Crippen LogP contribution in [0.1, 0.15) is 16.7 Å². The van der Waals surface area contributed by atoms with Gasteiger partial charge in [-0.15, -0.1) is 0 Å². The lowest BCUT2D eigenvalue weighted by Crippen LogP contribution is -2.11. The van der Waals surface area contributed by atoms with E-state index in [2.05, 4.69) is 43.1 Å². The van der Waals surface area contributed by atoms with Crippen LogP contribution in [0.2, 0.25) is 0 Å². The molecule has 0 spiro atoms. The van der Waals surface area contributed by atoms with Crippen molar-refractivity contribution in [3.63, 3.8) is 0 Å². The fraction of sp³-hybridized carbons (Fsp3) is 0.200. The molecule has 3 heteroatoms. The van der Waals surface area contributed by atoms with Gasteiger partial charge in [0.2, 0.25) is 0 Å². The van der Waals surface area contributed by atoms with Crippen LogP contribution < -0.4 is 4.90 Å². The number of rotatable bonds is 2. The lowest BCUT2D eigenvalue weighted by atomic mass is 10.1. The summed E-state index contributed by atoms with van der Waals surface area (Å²) in [5, 5.41) is 9.12. The van der Waals surface area contributed by atoms with E-state index in [1.165, 1.54) is 11.1 Å². The Hall–Kier alpha value is -2.34.